The molecule has 1 unspecified atom stereocenters. The molecule has 0 spiro atoms. The van der Waals surface area contributed by atoms with Crippen LogP contribution in [0.1, 0.15) is 51.7 Å². The summed E-state index contributed by atoms with van der Waals surface area (Å²) in [5, 5.41) is 12.3. The number of rotatable bonds is 3. The Kier molecular flexibility index (Phi) is 3.75. The molecule has 1 rings (SSSR count). The van der Waals surface area contributed by atoms with Crippen molar-refractivity contribution < 1.29 is 0 Å². The molecular weight excluding hydrogens is 216 g/mol. The van der Waals surface area contributed by atoms with Crippen LogP contribution in [0.25, 0.3) is 0 Å². The summed E-state index contributed by atoms with van der Waals surface area (Å²) in [6.07, 6.45) is 1.63. The van der Waals surface area contributed by atoms with E-state index >= 15 is 0 Å². The number of aromatic nitrogens is 1. The van der Waals surface area contributed by atoms with E-state index in [2.05, 4.69) is 44.1 Å². The van der Waals surface area contributed by atoms with Crippen LogP contribution in [0.4, 0.5) is 0 Å². The van der Waals surface area contributed by atoms with Gasteiger partial charge in [0.05, 0.1) is 22.2 Å². The molecule has 0 aromatic carbocycles. The van der Waals surface area contributed by atoms with Crippen LogP contribution < -0.4 is 0 Å². The molecule has 1 aromatic rings. The van der Waals surface area contributed by atoms with Gasteiger partial charge in [0.15, 0.2) is 0 Å². The zero-order valence-corrected chi connectivity index (χ0v) is 11.6. The summed E-state index contributed by atoms with van der Waals surface area (Å²) in [7, 11) is 0. The van der Waals surface area contributed by atoms with Crippen molar-refractivity contribution in [1.29, 1.82) is 5.26 Å². The molecule has 3 heteroatoms. The summed E-state index contributed by atoms with van der Waals surface area (Å²) < 4.78 is 0. The number of nitrogens with zero attached hydrogens (tertiary/aromatic N) is 2. The van der Waals surface area contributed by atoms with Crippen molar-refractivity contribution >= 4 is 11.3 Å². The summed E-state index contributed by atoms with van der Waals surface area (Å²) in [5.41, 5.74) is 0.959. The van der Waals surface area contributed by atoms with Crippen molar-refractivity contribution in [2.24, 2.45) is 5.41 Å². The highest BCUT2D eigenvalue weighted by Crippen LogP contribution is 2.30. The predicted molar refractivity (Wildman–Crippen MR) is 68.5 cm³/mol. The van der Waals surface area contributed by atoms with Crippen molar-refractivity contribution in [1.82, 2.24) is 4.98 Å². The van der Waals surface area contributed by atoms with Gasteiger partial charge in [-0.2, -0.15) is 5.26 Å². The molecule has 0 aliphatic heterocycles. The van der Waals surface area contributed by atoms with Gasteiger partial charge in [-0.15, -0.1) is 11.3 Å². The van der Waals surface area contributed by atoms with E-state index in [1.807, 2.05) is 6.92 Å². The summed E-state index contributed by atoms with van der Waals surface area (Å²) in [6, 6.07) is 2.39. The number of hydrogen-bond acceptors (Lipinski definition) is 3. The van der Waals surface area contributed by atoms with E-state index in [0.717, 1.165) is 23.5 Å². The van der Waals surface area contributed by atoms with E-state index in [9.17, 15) is 0 Å². The SMILES string of the molecule is CCC(C)(C#N)Cc1nc(C(C)(C)C)cs1. The Morgan fingerprint density at radius 3 is 2.38 bits per heavy atom. The fourth-order valence-corrected chi connectivity index (χ4v) is 2.52. The minimum atomic E-state index is -0.271. The second-order valence-electron chi connectivity index (χ2n) is 5.58. The smallest absolute Gasteiger partial charge is 0.0944 e. The Labute approximate surface area is 102 Å². The van der Waals surface area contributed by atoms with Crippen LogP contribution in [0.5, 0.6) is 0 Å². The quantitative estimate of drug-likeness (QED) is 0.797. The van der Waals surface area contributed by atoms with E-state index in [1.165, 1.54) is 0 Å². The van der Waals surface area contributed by atoms with Gasteiger partial charge in [-0.3, -0.25) is 0 Å². The van der Waals surface area contributed by atoms with Crippen LogP contribution in [0.3, 0.4) is 0 Å². The van der Waals surface area contributed by atoms with Gasteiger partial charge in [0.25, 0.3) is 0 Å². The Balaban J connectivity index is 2.85. The van der Waals surface area contributed by atoms with E-state index in [0.29, 0.717) is 0 Å². The standard InChI is InChI=1S/C13H20N2S/c1-6-13(5,9-14)7-11-15-10(8-16-11)12(2,3)4/h8H,6-7H2,1-5H3. The largest absolute Gasteiger partial charge is 0.246 e. The van der Waals surface area contributed by atoms with Gasteiger partial charge in [0, 0.05) is 17.2 Å². The van der Waals surface area contributed by atoms with Gasteiger partial charge in [0.1, 0.15) is 0 Å². The van der Waals surface area contributed by atoms with Crippen molar-refractivity contribution in [3.8, 4) is 6.07 Å². The van der Waals surface area contributed by atoms with Crippen LogP contribution in [0, 0.1) is 16.7 Å². The van der Waals surface area contributed by atoms with E-state index in [4.69, 9.17) is 5.26 Å². The zero-order chi connectivity index (χ0) is 12.4. The lowest BCUT2D eigenvalue weighted by atomic mass is 9.86. The molecule has 0 N–H and O–H groups in total. The molecule has 1 heterocycles. The molecule has 1 aromatic heterocycles. The molecule has 16 heavy (non-hydrogen) atoms. The Morgan fingerprint density at radius 2 is 2.00 bits per heavy atom. The van der Waals surface area contributed by atoms with Crippen LogP contribution in [-0.4, -0.2) is 4.98 Å². The highest BCUT2D eigenvalue weighted by atomic mass is 32.1. The topological polar surface area (TPSA) is 36.7 Å². The lowest BCUT2D eigenvalue weighted by molar-refractivity contribution is 0.420. The first-order valence-electron chi connectivity index (χ1n) is 5.67. The summed E-state index contributed by atoms with van der Waals surface area (Å²) >= 11 is 1.67. The van der Waals surface area contributed by atoms with Gasteiger partial charge in [-0.05, 0) is 13.3 Å². The normalized spacial score (nSPS) is 15.5. The highest BCUT2D eigenvalue weighted by molar-refractivity contribution is 7.09. The lowest BCUT2D eigenvalue weighted by Gasteiger charge is -2.17. The molecule has 88 valence electrons. The maximum absolute atomic E-state index is 9.14. The van der Waals surface area contributed by atoms with Gasteiger partial charge in [0.2, 0.25) is 0 Å². The van der Waals surface area contributed by atoms with Gasteiger partial charge in [-0.1, -0.05) is 27.7 Å². The van der Waals surface area contributed by atoms with Gasteiger partial charge < -0.3 is 0 Å². The first-order valence-corrected chi connectivity index (χ1v) is 6.55. The zero-order valence-electron chi connectivity index (χ0n) is 10.8. The Hall–Kier alpha value is -0.880. The Bertz CT molecular complexity index is 395. The van der Waals surface area contributed by atoms with Crippen molar-refractivity contribution in [2.75, 3.05) is 0 Å². The van der Waals surface area contributed by atoms with Gasteiger partial charge >= 0.3 is 0 Å². The maximum Gasteiger partial charge on any atom is 0.0944 e. The molecule has 0 aliphatic carbocycles. The molecule has 0 radical (unpaired) electrons. The number of nitriles is 1. The average Bonchev–Trinajstić information content (AvgIpc) is 2.65. The van der Waals surface area contributed by atoms with Crippen molar-refractivity contribution in [2.45, 2.75) is 52.9 Å². The third-order valence-corrected chi connectivity index (χ3v) is 3.76. The first-order chi connectivity index (χ1) is 7.30. The third-order valence-electron chi connectivity index (χ3n) is 2.91. The second-order valence-corrected chi connectivity index (χ2v) is 6.52. The van der Waals surface area contributed by atoms with Crippen LogP contribution in [0.2, 0.25) is 0 Å². The first kappa shape index (κ1) is 13.2. The van der Waals surface area contributed by atoms with Crippen molar-refractivity contribution in [3.63, 3.8) is 0 Å². The fraction of sp³-hybridized carbons (Fsp3) is 0.692. The summed E-state index contributed by atoms with van der Waals surface area (Å²) in [4.78, 5) is 4.63. The number of thiazole rings is 1. The molecule has 0 amide bonds. The molecular formula is C13H20N2S. The highest BCUT2D eigenvalue weighted by Gasteiger charge is 2.25. The fourth-order valence-electron chi connectivity index (χ4n) is 1.31. The maximum atomic E-state index is 9.14. The minimum Gasteiger partial charge on any atom is -0.246 e. The third kappa shape index (κ3) is 3.05. The molecule has 0 saturated heterocycles. The average molecular weight is 236 g/mol. The molecule has 0 aliphatic rings. The molecule has 1 atom stereocenters. The van der Waals surface area contributed by atoms with Crippen LogP contribution in [-0.2, 0) is 11.8 Å². The predicted octanol–water partition coefficient (Wildman–Crippen LogP) is 3.92. The molecule has 0 bridgehead atoms. The van der Waals surface area contributed by atoms with E-state index in [-0.39, 0.29) is 10.8 Å². The minimum absolute atomic E-state index is 0.101. The monoisotopic (exact) mass is 236 g/mol. The van der Waals surface area contributed by atoms with E-state index in [1.54, 1.807) is 11.3 Å². The van der Waals surface area contributed by atoms with Crippen LogP contribution in [0.15, 0.2) is 5.38 Å². The molecule has 0 fully saturated rings. The molecule has 0 saturated carbocycles. The summed E-state index contributed by atoms with van der Waals surface area (Å²) in [5.74, 6) is 0. The van der Waals surface area contributed by atoms with E-state index < -0.39 is 0 Å². The molecule has 2 nitrogen and oxygen atoms in total. The lowest BCUT2D eigenvalue weighted by Crippen LogP contribution is -2.16. The summed E-state index contributed by atoms with van der Waals surface area (Å²) in [6.45, 7) is 10.5. The van der Waals surface area contributed by atoms with Gasteiger partial charge in [-0.25, -0.2) is 4.98 Å². The van der Waals surface area contributed by atoms with Crippen molar-refractivity contribution in [3.05, 3.63) is 16.1 Å². The number of hydrogen-bond donors (Lipinski definition) is 0. The second kappa shape index (κ2) is 4.55. The Morgan fingerprint density at radius 1 is 1.38 bits per heavy atom. The van der Waals surface area contributed by atoms with Crippen LogP contribution >= 0.6 is 11.3 Å².